The van der Waals surface area contributed by atoms with Crippen LogP contribution in [0.3, 0.4) is 0 Å². The van der Waals surface area contributed by atoms with Crippen molar-refractivity contribution in [3.8, 4) is 0 Å². The number of ketones is 2. The molecule has 0 radical (unpaired) electrons. The van der Waals surface area contributed by atoms with Gasteiger partial charge in [-0.05, 0) is 86.2 Å². The highest BCUT2D eigenvalue weighted by atomic mass is 32.2. The number of ether oxygens (including phenoxy) is 2. The lowest BCUT2D eigenvalue weighted by atomic mass is 9.83. The van der Waals surface area contributed by atoms with Crippen molar-refractivity contribution in [1.29, 1.82) is 0 Å². The van der Waals surface area contributed by atoms with Crippen LogP contribution in [0, 0.1) is 35.5 Å². The van der Waals surface area contributed by atoms with Gasteiger partial charge in [0.1, 0.15) is 5.78 Å². The van der Waals surface area contributed by atoms with Crippen LogP contribution in [-0.2, 0) is 64.4 Å². The molecule has 2 aliphatic heterocycles. The molecule has 2 heterocycles. The molecule has 1 N–H and O–H groups in total. The summed E-state index contributed by atoms with van der Waals surface area (Å²) >= 11 is 0. The van der Waals surface area contributed by atoms with Crippen LogP contribution in [0.2, 0.25) is 0 Å². The number of rotatable bonds is 30. The van der Waals surface area contributed by atoms with Crippen LogP contribution in [0.4, 0.5) is 0 Å². The van der Waals surface area contributed by atoms with Crippen molar-refractivity contribution < 1.29 is 60.8 Å². The quantitative estimate of drug-likeness (QED) is 0.0603. The smallest absolute Gasteiger partial charge is 0.333 e. The molecule has 2 aliphatic rings. The fourth-order valence-electron chi connectivity index (χ4n) is 10.7. The third kappa shape index (κ3) is 16.9. The Labute approximate surface area is 439 Å². The van der Waals surface area contributed by atoms with Gasteiger partial charge in [-0.3, -0.25) is 38.2 Å². The molecule has 2 aromatic rings. The van der Waals surface area contributed by atoms with E-state index in [4.69, 9.17) is 14.3 Å². The number of hydrogen-bond acceptors (Lipinski definition) is 13. The van der Waals surface area contributed by atoms with Crippen molar-refractivity contribution in [1.82, 2.24) is 19.8 Å². The largest absolute Gasteiger partial charge is 0.379 e. The van der Waals surface area contributed by atoms with Crippen LogP contribution in [0.5, 0.6) is 0 Å². The molecule has 0 aromatic heterocycles. The van der Waals surface area contributed by atoms with Crippen LogP contribution in [-0.4, -0.2) is 146 Å². The van der Waals surface area contributed by atoms with Crippen molar-refractivity contribution >= 4 is 57.4 Å². The first-order valence-electron chi connectivity index (χ1n) is 26.2. The number of allylic oxidation sites excluding steroid dienone is 1. The highest BCUT2D eigenvalue weighted by Gasteiger charge is 2.43. The van der Waals surface area contributed by atoms with Gasteiger partial charge in [-0.25, -0.2) is 4.79 Å². The second-order valence-corrected chi connectivity index (χ2v) is 22.4. The number of carbonyl (C=O) groups excluding carboxylic acids is 7. The summed E-state index contributed by atoms with van der Waals surface area (Å²) in [6, 6.07) is 14.1. The number of methoxy groups -OCH3 is 2. The zero-order valence-electron chi connectivity index (χ0n) is 45.4. The Morgan fingerprint density at radius 1 is 0.838 bits per heavy atom. The summed E-state index contributed by atoms with van der Waals surface area (Å²) in [5.41, 5.74) is 1.74. The first-order valence-corrected chi connectivity index (χ1v) is 27.6. The van der Waals surface area contributed by atoms with E-state index in [1.807, 2.05) is 95.8 Å². The van der Waals surface area contributed by atoms with E-state index >= 15 is 0 Å². The van der Waals surface area contributed by atoms with Gasteiger partial charge in [-0.1, -0.05) is 110 Å². The molecule has 2 aromatic carbocycles. The monoisotopic (exact) mass is 1050 g/mol. The van der Waals surface area contributed by atoms with E-state index in [1.54, 1.807) is 50.2 Å². The van der Waals surface area contributed by atoms with Crippen LogP contribution < -0.4 is 0 Å². The summed E-state index contributed by atoms with van der Waals surface area (Å²) in [5, 5.41) is 0.523. The third-order valence-electron chi connectivity index (χ3n) is 15.0. The Hall–Kier alpha value is -5.14. The molecule has 0 saturated carbocycles. The fourth-order valence-corrected chi connectivity index (χ4v) is 11.1. The minimum absolute atomic E-state index is 0.00102. The molecule has 2 fully saturated rings. The molecule has 2 saturated heterocycles. The van der Waals surface area contributed by atoms with Gasteiger partial charge < -0.3 is 24.1 Å². The number of imide groups is 1. The lowest BCUT2D eigenvalue weighted by molar-refractivity contribution is -0.197. The van der Waals surface area contributed by atoms with Gasteiger partial charge in [0.05, 0.1) is 41.6 Å². The highest BCUT2D eigenvalue weighted by Crippen LogP contribution is 2.32. The van der Waals surface area contributed by atoms with E-state index in [-0.39, 0.29) is 90.5 Å². The Balaban J connectivity index is 1.45. The van der Waals surface area contributed by atoms with Crippen molar-refractivity contribution in [2.24, 2.45) is 35.5 Å². The van der Waals surface area contributed by atoms with Crippen molar-refractivity contribution in [2.45, 2.75) is 154 Å². The molecule has 17 nitrogen and oxygen atoms in total. The van der Waals surface area contributed by atoms with Crippen molar-refractivity contribution in [3.63, 3.8) is 0 Å². The lowest BCUT2D eigenvalue weighted by Crippen LogP contribution is -2.54. The van der Waals surface area contributed by atoms with Crippen LogP contribution in [0.1, 0.15) is 124 Å². The van der Waals surface area contributed by atoms with Gasteiger partial charge in [0, 0.05) is 71.8 Å². The first-order chi connectivity index (χ1) is 34.9. The number of carbonyl (C=O) groups is 7. The molecule has 4 amide bonds. The topological polar surface area (TPSA) is 215 Å². The number of nitrogens with zero attached hydrogens (tertiary/aromatic N) is 4. The minimum atomic E-state index is -4.35. The number of hydroxylamine groups is 2. The molecule has 410 valence electrons. The average molecular weight is 1050 g/mol. The van der Waals surface area contributed by atoms with E-state index in [0.29, 0.717) is 55.8 Å². The predicted molar refractivity (Wildman–Crippen MR) is 280 cm³/mol. The van der Waals surface area contributed by atoms with Crippen molar-refractivity contribution in [3.05, 3.63) is 71.8 Å². The second-order valence-electron chi connectivity index (χ2n) is 21.0. The number of Topliss-reactive ketones (excluding diaryl/α,β-unsaturated/α-hetero) is 2. The molecule has 0 bridgehead atoms. The number of likely N-dealkylation sites (tertiary alicyclic amines) is 1. The minimum Gasteiger partial charge on any atom is -0.379 e. The number of hydrogen-bond donors (Lipinski definition) is 1. The van der Waals surface area contributed by atoms with Crippen LogP contribution in [0.15, 0.2) is 65.6 Å². The molecule has 9 atom stereocenters. The predicted octanol–water partition coefficient (Wildman–Crippen LogP) is 7.26. The van der Waals surface area contributed by atoms with Gasteiger partial charge in [0.25, 0.3) is 21.9 Å². The molecular formula is C56H82N4O13S. The van der Waals surface area contributed by atoms with E-state index in [1.165, 1.54) is 12.1 Å². The maximum atomic E-state index is 14.7. The van der Waals surface area contributed by atoms with Crippen LogP contribution in [0.25, 0.3) is 6.08 Å². The van der Waals surface area contributed by atoms with Gasteiger partial charge in [0.2, 0.25) is 11.8 Å². The van der Waals surface area contributed by atoms with E-state index < -0.39 is 70.1 Å². The Morgan fingerprint density at radius 2 is 1.47 bits per heavy atom. The first kappa shape index (κ1) is 61.4. The second kappa shape index (κ2) is 28.7. The summed E-state index contributed by atoms with van der Waals surface area (Å²) in [7, 11) is 2.27. The standard InChI is InChI=1S/C56H82N4O13S/c1-12-38(6)54(58(9)56(67)44(36(2)3)34-47(62)53(37(4)5)57(8)30-17-21-52(66)73-60-49(63)28-29-50(60)64)48(71-10)35-51(65)59-31-16-20-45(59)55(72-11)39(7)46(61)33-42(32-41-18-14-13-15-19-41)23-22-40-24-26-43(27-25-40)74(68,69)70/h13-15,18-19,22-27,36-39,42,44-45,48,53-55H,12,16-17,20-21,28-35H2,1-11H3,(H,68,69,70)/b23-22+/t38-,39-,42+,44-,45-,48+,53-,54-,55+/m0/s1. The van der Waals surface area contributed by atoms with Crippen molar-refractivity contribution in [2.75, 3.05) is 41.4 Å². The molecule has 74 heavy (non-hydrogen) atoms. The third-order valence-corrected chi connectivity index (χ3v) is 15.8. The van der Waals surface area contributed by atoms with Gasteiger partial charge in [0.15, 0.2) is 5.78 Å². The Kier molecular flexibility index (Phi) is 23.8. The van der Waals surface area contributed by atoms with Gasteiger partial charge in [-0.2, -0.15) is 8.42 Å². The van der Waals surface area contributed by atoms with Crippen LogP contribution >= 0.6 is 0 Å². The summed E-state index contributed by atoms with van der Waals surface area (Å²) in [4.78, 5) is 104. The molecule has 18 heteroatoms. The lowest BCUT2D eigenvalue weighted by Gasteiger charge is -2.41. The summed E-state index contributed by atoms with van der Waals surface area (Å²) in [5.74, 6) is -4.29. The summed E-state index contributed by atoms with van der Waals surface area (Å²) < 4.78 is 44.8. The molecule has 0 spiro atoms. The molecule has 0 unspecified atom stereocenters. The number of benzene rings is 2. The normalized spacial score (nSPS) is 18.7. The summed E-state index contributed by atoms with van der Waals surface area (Å²) in [6.07, 6.45) is 5.43. The Morgan fingerprint density at radius 3 is 2.03 bits per heavy atom. The molecule has 0 aliphatic carbocycles. The Bertz CT molecular complexity index is 2340. The maximum absolute atomic E-state index is 14.7. The number of likely N-dealkylation sites (N-methyl/N-ethyl adjacent to an activating group) is 2. The average Bonchev–Trinajstić information content (AvgIpc) is 3.97. The zero-order valence-corrected chi connectivity index (χ0v) is 46.3. The SMILES string of the molecule is CC[C@H](C)[C@@H]([C@@H](CC(=O)N1CCC[C@H]1[C@H](OC)[C@@H](C)C(=O)C[C@H](/C=C/c1ccc(S(=O)(=O)O)cc1)Cc1ccccc1)OC)N(C)C(=O)[C@@H](CC(=O)[C@H](C(C)C)N(C)CCCC(=O)ON1C(=O)CCC1=O)C(C)C. The van der Waals surface area contributed by atoms with E-state index in [2.05, 4.69) is 0 Å². The van der Waals surface area contributed by atoms with E-state index in [9.17, 15) is 46.5 Å². The number of amides is 4. The molecule has 4 rings (SSSR count). The molecular weight excluding hydrogens is 969 g/mol. The maximum Gasteiger partial charge on any atom is 0.333 e. The van der Waals surface area contributed by atoms with E-state index in [0.717, 1.165) is 5.56 Å². The fraction of sp³-hybridized carbons (Fsp3) is 0.625. The van der Waals surface area contributed by atoms with Gasteiger partial charge in [-0.15, -0.1) is 5.06 Å². The summed E-state index contributed by atoms with van der Waals surface area (Å²) in [6.45, 7) is 14.4. The zero-order chi connectivity index (χ0) is 55.0. The highest BCUT2D eigenvalue weighted by molar-refractivity contribution is 7.85. The van der Waals surface area contributed by atoms with Gasteiger partial charge >= 0.3 is 5.97 Å².